The van der Waals surface area contributed by atoms with Crippen LogP contribution < -0.4 is 4.74 Å². The second kappa shape index (κ2) is 9.16. The molecular formula is C17H13ClF3NO5S. The molecule has 0 atom stereocenters. The van der Waals surface area contributed by atoms with Crippen molar-refractivity contribution in [2.24, 2.45) is 0 Å². The van der Waals surface area contributed by atoms with E-state index in [9.17, 15) is 28.1 Å². The minimum atomic E-state index is -4.56. The lowest BCUT2D eigenvalue weighted by Gasteiger charge is -2.12. The number of nitro groups is 1. The van der Waals surface area contributed by atoms with E-state index in [0.717, 1.165) is 18.2 Å². The number of halogens is 4. The summed E-state index contributed by atoms with van der Waals surface area (Å²) < 4.78 is 48.4. The Hall–Kier alpha value is -2.46. The zero-order valence-corrected chi connectivity index (χ0v) is 15.9. The van der Waals surface area contributed by atoms with E-state index in [4.69, 9.17) is 21.1 Å². The number of hydrogen-bond donors (Lipinski definition) is 0. The summed E-state index contributed by atoms with van der Waals surface area (Å²) in [5.41, 5.74) is -1.21. The maximum absolute atomic E-state index is 12.7. The molecule has 0 N–H and O–H groups in total. The van der Waals surface area contributed by atoms with Crippen molar-refractivity contribution in [1.29, 1.82) is 0 Å². The van der Waals surface area contributed by atoms with Gasteiger partial charge in [-0.15, -0.1) is 11.8 Å². The Morgan fingerprint density at radius 1 is 1.25 bits per heavy atom. The molecule has 11 heteroatoms. The van der Waals surface area contributed by atoms with Crippen LogP contribution in [-0.2, 0) is 22.1 Å². The van der Waals surface area contributed by atoms with Crippen LogP contribution in [0.25, 0.3) is 0 Å². The number of thioether (sulfide) groups is 1. The molecule has 150 valence electrons. The second-order valence-electron chi connectivity index (χ2n) is 5.39. The zero-order chi connectivity index (χ0) is 20.9. The number of ether oxygens (including phenoxy) is 2. The first-order valence-electron chi connectivity index (χ1n) is 7.58. The van der Waals surface area contributed by atoms with Gasteiger partial charge in [0.05, 0.1) is 21.9 Å². The zero-order valence-electron chi connectivity index (χ0n) is 14.3. The molecule has 0 spiro atoms. The number of rotatable bonds is 7. The van der Waals surface area contributed by atoms with Crippen molar-refractivity contribution in [2.45, 2.75) is 12.6 Å². The molecule has 0 unspecified atom stereocenters. The largest absolute Gasteiger partial charge is 0.456 e. The van der Waals surface area contributed by atoms with Gasteiger partial charge in [0.1, 0.15) is 17.4 Å². The fourth-order valence-electron chi connectivity index (χ4n) is 2.16. The van der Waals surface area contributed by atoms with Crippen LogP contribution in [0.15, 0.2) is 36.4 Å². The third-order valence-corrected chi connectivity index (χ3v) is 4.06. The van der Waals surface area contributed by atoms with E-state index in [0.29, 0.717) is 6.07 Å². The first kappa shape index (κ1) is 21.8. The predicted molar refractivity (Wildman–Crippen MR) is 97.8 cm³/mol. The highest BCUT2D eigenvalue weighted by Gasteiger charge is 2.31. The van der Waals surface area contributed by atoms with Crippen LogP contribution in [0.1, 0.15) is 11.1 Å². The minimum Gasteiger partial charge on any atom is -0.456 e. The molecule has 0 heterocycles. The molecule has 0 bridgehead atoms. The van der Waals surface area contributed by atoms with Gasteiger partial charge in [-0.1, -0.05) is 11.6 Å². The van der Waals surface area contributed by atoms with Gasteiger partial charge in [-0.3, -0.25) is 14.9 Å². The number of alkyl halides is 3. The summed E-state index contributed by atoms with van der Waals surface area (Å²) in [5.74, 6) is -0.564. The van der Waals surface area contributed by atoms with Gasteiger partial charge in [0.15, 0.2) is 0 Å². The highest BCUT2D eigenvalue weighted by molar-refractivity contribution is 7.98. The van der Waals surface area contributed by atoms with Crippen LogP contribution in [0.3, 0.4) is 0 Å². The molecule has 2 rings (SSSR count). The average Bonchev–Trinajstić information content (AvgIpc) is 2.60. The van der Waals surface area contributed by atoms with Crippen LogP contribution in [0.5, 0.6) is 11.5 Å². The molecule has 0 saturated heterocycles. The van der Waals surface area contributed by atoms with Gasteiger partial charge in [-0.2, -0.15) is 13.2 Å². The molecule has 0 aliphatic carbocycles. The van der Waals surface area contributed by atoms with E-state index in [1.54, 1.807) is 6.26 Å². The Bertz CT molecular complexity index is 892. The normalized spacial score (nSPS) is 11.2. The smallest absolute Gasteiger partial charge is 0.416 e. The van der Waals surface area contributed by atoms with Gasteiger partial charge in [-0.05, 0) is 36.6 Å². The molecule has 0 fully saturated rings. The third kappa shape index (κ3) is 5.77. The molecule has 2 aromatic carbocycles. The predicted octanol–water partition coefficient (Wildman–Crippen LogP) is 5.47. The number of benzene rings is 2. The second-order valence-corrected chi connectivity index (χ2v) is 6.61. The molecule has 6 nitrogen and oxygen atoms in total. The number of carbonyl (C=O) groups excluding carboxylic acids is 1. The Morgan fingerprint density at radius 3 is 2.54 bits per heavy atom. The van der Waals surface area contributed by atoms with Gasteiger partial charge >= 0.3 is 12.1 Å². The molecule has 0 aliphatic rings. The topological polar surface area (TPSA) is 78.7 Å². The summed E-state index contributed by atoms with van der Waals surface area (Å²) in [7, 11) is 0. The van der Waals surface area contributed by atoms with Crippen LogP contribution in [0.4, 0.5) is 18.9 Å². The molecule has 0 aliphatic heterocycles. The SMILES string of the molecule is CSCOC(=O)Cc1cc(Oc2ccc(C(F)(F)F)cc2Cl)ccc1[N+](=O)[O-]. The first-order valence-corrected chi connectivity index (χ1v) is 9.35. The highest BCUT2D eigenvalue weighted by atomic mass is 35.5. The highest BCUT2D eigenvalue weighted by Crippen LogP contribution is 2.37. The van der Waals surface area contributed by atoms with Crippen LogP contribution >= 0.6 is 23.4 Å². The molecule has 0 amide bonds. The number of nitro benzene ring substituents is 1. The van der Waals surface area contributed by atoms with Gasteiger partial charge in [0.2, 0.25) is 0 Å². The van der Waals surface area contributed by atoms with Crippen molar-refractivity contribution in [2.75, 3.05) is 12.2 Å². The average molecular weight is 436 g/mol. The van der Waals surface area contributed by atoms with E-state index in [-0.39, 0.29) is 40.1 Å². The third-order valence-electron chi connectivity index (χ3n) is 3.41. The lowest BCUT2D eigenvalue weighted by Crippen LogP contribution is -2.09. The van der Waals surface area contributed by atoms with Gasteiger partial charge < -0.3 is 9.47 Å². The van der Waals surface area contributed by atoms with Gasteiger partial charge in [0.25, 0.3) is 5.69 Å². The van der Waals surface area contributed by atoms with Crippen LogP contribution in [0, 0.1) is 10.1 Å². The lowest BCUT2D eigenvalue weighted by molar-refractivity contribution is -0.385. The van der Waals surface area contributed by atoms with Crippen molar-refractivity contribution in [1.82, 2.24) is 0 Å². The quantitative estimate of drug-likeness (QED) is 0.248. The molecule has 0 saturated carbocycles. The van der Waals surface area contributed by atoms with E-state index in [2.05, 4.69) is 0 Å². The van der Waals surface area contributed by atoms with E-state index in [1.807, 2.05) is 0 Å². The molecule has 0 aromatic heterocycles. The number of carbonyl (C=O) groups is 1. The Balaban J connectivity index is 2.28. The molecule has 0 radical (unpaired) electrons. The maximum Gasteiger partial charge on any atom is 0.416 e. The summed E-state index contributed by atoms with van der Waals surface area (Å²) in [6.07, 6.45) is -3.20. The summed E-state index contributed by atoms with van der Waals surface area (Å²) in [5, 5.41) is 10.9. The fourth-order valence-corrected chi connectivity index (χ4v) is 2.63. The minimum absolute atomic E-state index is 0.0386. The summed E-state index contributed by atoms with van der Waals surface area (Å²) in [6.45, 7) is 0. The fraction of sp³-hybridized carbons (Fsp3) is 0.235. The summed E-state index contributed by atoms with van der Waals surface area (Å²) >= 11 is 7.10. The number of hydrogen-bond acceptors (Lipinski definition) is 6. The monoisotopic (exact) mass is 435 g/mol. The van der Waals surface area contributed by atoms with Crippen molar-refractivity contribution in [3.63, 3.8) is 0 Å². The molecular weight excluding hydrogens is 423 g/mol. The van der Waals surface area contributed by atoms with Crippen LogP contribution in [0.2, 0.25) is 5.02 Å². The van der Waals surface area contributed by atoms with Crippen molar-refractivity contribution < 1.29 is 32.4 Å². The molecule has 2 aromatic rings. The summed E-state index contributed by atoms with van der Waals surface area (Å²) in [4.78, 5) is 22.3. The first-order chi connectivity index (χ1) is 13.1. The number of esters is 1. The Kier molecular flexibility index (Phi) is 7.14. The maximum atomic E-state index is 12.7. The van der Waals surface area contributed by atoms with E-state index >= 15 is 0 Å². The van der Waals surface area contributed by atoms with Gasteiger partial charge in [0, 0.05) is 11.6 Å². The lowest BCUT2D eigenvalue weighted by atomic mass is 10.1. The Labute approximate surface area is 166 Å². The van der Waals surface area contributed by atoms with Crippen molar-refractivity contribution in [3.8, 4) is 11.5 Å². The molecule has 28 heavy (non-hydrogen) atoms. The standard InChI is InChI=1S/C17H13ClF3NO5S/c1-28-9-26-16(23)7-10-6-12(3-4-14(10)22(24)25)27-15-5-2-11(8-13(15)18)17(19,20)21/h2-6,8H,7,9H2,1H3. The van der Waals surface area contributed by atoms with Crippen molar-refractivity contribution >= 4 is 35.0 Å². The van der Waals surface area contributed by atoms with Crippen molar-refractivity contribution in [3.05, 3.63) is 62.7 Å². The van der Waals surface area contributed by atoms with E-state index in [1.165, 1.54) is 23.9 Å². The number of nitrogens with zero attached hydrogens (tertiary/aromatic N) is 1. The van der Waals surface area contributed by atoms with E-state index < -0.39 is 22.6 Å². The summed E-state index contributed by atoms with van der Waals surface area (Å²) in [6, 6.07) is 6.18. The Morgan fingerprint density at radius 2 is 1.96 bits per heavy atom. The van der Waals surface area contributed by atoms with Gasteiger partial charge in [-0.25, -0.2) is 0 Å². The van der Waals surface area contributed by atoms with Crippen LogP contribution in [-0.4, -0.2) is 23.1 Å².